The molecule has 0 fully saturated rings. The van der Waals surface area contributed by atoms with Gasteiger partial charge in [0.15, 0.2) is 0 Å². The molecule has 0 radical (unpaired) electrons. The second kappa shape index (κ2) is 5.72. The van der Waals surface area contributed by atoms with E-state index in [-0.39, 0.29) is 6.04 Å². The summed E-state index contributed by atoms with van der Waals surface area (Å²) >= 11 is 12.1. The lowest BCUT2D eigenvalue weighted by molar-refractivity contribution is 0.885. The van der Waals surface area contributed by atoms with Gasteiger partial charge in [-0.2, -0.15) is 0 Å². The number of nitrogens with two attached hydrogens (primary N) is 1. The number of nitrogens with one attached hydrogen (secondary N) is 1. The van der Waals surface area contributed by atoms with Gasteiger partial charge in [0.25, 0.3) is 0 Å². The highest BCUT2D eigenvalue weighted by atomic mass is 35.5. The standard InChI is InChI=1S/C15H16Cl2N2/c1-9-3-6-14(18)15(7-9)19-10(2)12-5-4-11(16)8-13(12)17/h3-8,10,19H,18H2,1-2H3. The molecule has 0 spiro atoms. The van der Waals surface area contributed by atoms with Crippen molar-refractivity contribution in [3.63, 3.8) is 0 Å². The Kier molecular flexibility index (Phi) is 4.23. The molecule has 0 aliphatic heterocycles. The Hall–Kier alpha value is -1.38. The van der Waals surface area contributed by atoms with Gasteiger partial charge in [-0.25, -0.2) is 0 Å². The molecule has 2 aromatic carbocycles. The van der Waals surface area contributed by atoms with Crippen LogP contribution >= 0.6 is 23.2 Å². The third-order valence-electron chi connectivity index (χ3n) is 3.01. The van der Waals surface area contributed by atoms with Crippen LogP contribution in [0.15, 0.2) is 36.4 Å². The number of hydrogen-bond donors (Lipinski definition) is 2. The fourth-order valence-electron chi connectivity index (χ4n) is 1.96. The monoisotopic (exact) mass is 294 g/mol. The van der Waals surface area contributed by atoms with Crippen LogP contribution in [-0.4, -0.2) is 0 Å². The first kappa shape index (κ1) is 14.0. The summed E-state index contributed by atoms with van der Waals surface area (Å²) < 4.78 is 0. The van der Waals surface area contributed by atoms with Gasteiger partial charge in [-0.1, -0.05) is 35.3 Å². The summed E-state index contributed by atoms with van der Waals surface area (Å²) in [6.07, 6.45) is 0. The van der Waals surface area contributed by atoms with E-state index in [0.29, 0.717) is 10.0 Å². The van der Waals surface area contributed by atoms with E-state index in [1.807, 2.05) is 44.2 Å². The molecule has 0 amide bonds. The van der Waals surface area contributed by atoms with Gasteiger partial charge in [0.1, 0.15) is 0 Å². The van der Waals surface area contributed by atoms with E-state index in [1.54, 1.807) is 6.07 Å². The van der Waals surface area contributed by atoms with Crippen LogP contribution in [0.5, 0.6) is 0 Å². The SMILES string of the molecule is Cc1ccc(N)c(NC(C)c2ccc(Cl)cc2Cl)c1. The number of halogens is 2. The molecule has 2 rings (SSSR count). The second-order valence-corrected chi connectivity index (χ2v) is 5.47. The second-order valence-electron chi connectivity index (χ2n) is 4.62. The lowest BCUT2D eigenvalue weighted by atomic mass is 10.1. The molecule has 0 aromatic heterocycles. The first-order valence-electron chi connectivity index (χ1n) is 6.05. The molecule has 0 bridgehead atoms. The highest BCUT2D eigenvalue weighted by molar-refractivity contribution is 6.35. The number of anilines is 2. The quantitative estimate of drug-likeness (QED) is 0.777. The first-order chi connectivity index (χ1) is 8.97. The van der Waals surface area contributed by atoms with Crippen LogP contribution in [0, 0.1) is 6.92 Å². The molecule has 0 saturated heterocycles. The van der Waals surface area contributed by atoms with Crippen molar-refractivity contribution in [1.82, 2.24) is 0 Å². The highest BCUT2D eigenvalue weighted by Crippen LogP contribution is 2.30. The fraction of sp³-hybridized carbons (Fsp3) is 0.200. The maximum absolute atomic E-state index is 6.21. The predicted octanol–water partition coefficient (Wildman–Crippen LogP) is 5.06. The number of hydrogen-bond acceptors (Lipinski definition) is 2. The van der Waals surface area contributed by atoms with Crippen LogP contribution in [0.2, 0.25) is 10.0 Å². The zero-order valence-corrected chi connectivity index (χ0v) is 12.4. The van der Waals surface area contributed by atoms with Gasteiger partial charge in [-0.3, -0.25) is 0 Å². The minimum Gasteiger partial charge on any atom is -0.397 e. The molecule has 100 valence electrons. The summed E-state index contributed by atoms with van der Waals surface area (Å²) in [4.78, 5) is 0. The van der Waals surface area contributed by atoms with E-state index in [4.69, 9.17) is 28.9 Å². The van der Waals surface area contributed by atoms with Gasteiger partial charge < -0.3 is 11.1 Å². The smallest absolute Gasteiger partial charge is 0.0581 e. The van der Waals surface area contributed by atoms with Gasteiger partial charge in [0.2, 0.25) is 0 Å². The minimum atomic E-state index is 0.0499. The number of benzene rings is 2. The third-order valence-corrected chi connectivity index (χ3v) is 3.57. The normalized spacial score (nSPS) is 12.2. The average molecular weight is 295 g/mol. The molecule has 4 heteroatoms. The van der Waals surface area contributed by atoms with Crippen LogP contribution < -0.4 is 11.1 Å². The average Bonchev–Trinajstić information content (AvgIpc) is 2.33. The van der Waals surface area contributed by atoms with E-state index >= 15 is 0 Å². The fourth-order valence-corrected chi connectivity index (χ4v) is 2.53. The molecule has 2 aromatic rings. The maximum Gasteiger partial charge on any atom is 0.0581 e. The molecule has 0 aliphatic rings. The molecule has 0 heterocycles. The van der Waals surface area contributed by atoms with Gasteiger partial charge >= 0.3 is 0 Å². The van der Waals surface area contributed by atoms with Crippen LogP contribution in [0.4, 0.5) is 11.4 Å². The Morgan fingerprint density at radius 3 is 2.53 bits per heavy atom. The van der Waals surface area contributed by atoms with Crippen LogP contribution in [0.1, 0.15) is 24.1 Å². The Labute approximate surface area is 123 Å². The predicted molar refractivity (Wildman–Crippen MR) is 84.1 cm³/mol. The summed E-state index contributed by atoms with van der Waals surface area (Å²) in [6, 6.07) is 11.5. The topological polar surface area (TPSA) is 38.0 Å². The molecule has 1 unspecified atom stereocenters. The van der Waals surface area contributed by atoms with Crippen LogP contribution in [0.3, 0.4) is 0 Å². The molecule has 19 heavy (non-hydrogen) atoms. The molecule has 2 nitrogen and oxygen atoms in total. The van der Waals surface area contributed by atoms with Crippen molar-refractivity contribution in [1.29, 1.82) is 0 Å². The number of rotatable bonds is 3. The Morgan fingerprint density at radius 2 is 1.84 bits per heavy atom. The Bertz CT molecular complexity index is 597. The molecule has 0 aliphatic carbocycles. The molecular formula is C15H16Cl2N2. The largest absolute Gasteiger partial charge is 0.397 e. The zero-order valence-electron chi connectivity index (χ0n) is 10.9. The van der Waals surface area contributed by atoms with E-state index in [1.165, 1.54) is 0 Å². The molecular weight excluding hydrogens is 279 g/mol. The van der Waals surface area contributed by atoms with Crippen molar-refractivity contribution in [2.75, 3.05) is 11.1 Å². The molecule has 0 saturated carbocycles. The summed E-state index contributed by atoms with van der Waals surface area (Å²) in [5.74, 6) is 0. The minimum absolute atomic E-state index is 0.0499. The maximum atomic E-state index is 6.21. The Morgan fingerprint density at radius 1 is 1.11 bits per heavy atom. The van der Waals surface area contributed by atoms with E-state index in [9.17, 15) is 0 Å². The van der Waals surface area contributed by atoms with Gasteiger partial charge in [-0.05, 0) is 49.2 Å². The Balaban J connectivity index is 2.25. The van der Waals surface area contributed by atoms with Crippen molar-refractivity contribution >= 4 is 34.6 Å². The van der Waals surface area contributed by atoms with Gasteiger partial charge in [-0.15, -0.1) is 0 Å². The number of aryl methyl sites for hydroxylation is 1. The summed E-state index contributed by atoms with van der Waals surface area (Å²) in [7, 11) is 0. The van der Waals surface area contributed by atoms with Crippen LogP contribution in [0.25, 0.3) is 0 Å². The van der Waals surface area contributed by atoms with Gasteiger partial charge in [0.05, 0.1) is 17.4 Å². The highest BCUT2D eigenvalue weighted by Gasteiger charge is 2.11. The van der Waals surface area contributed by atoms with E-state index in [2.05, 4.69) is 5.32 Å². The third kappa shape index (κ3) is 3.34. The summed E-state index contributed by atoms with van der Waals surface area (Å²) in [5.41, 5.74) is 9.75. The van der Waals surface area contributed by atoms with Crippen molar-refractivity contribution in [2.24, 2.45) is 0 Å². The molecule has 1 atom stereocenters. The van der Waals surface area contributed by atoms with Crippen molar-refractivity contribution in [3.8, 4) is 0 Å². The van der Waals surface area contributed by atoms with Crippen LogP contribution in [-0.2, 0) is 0 Å². The van der Waals surface area contributed by atoms with E-state index < -0.39 is 0 Å². The van der Waals surface area contributed by atoms with Crippen molar-refractivity contribution in [2.45, 2.75) is 19.9 Å². The van der Waals surface area contributed by atoms with Crippen molar-refractivity contribution < 1.29 is 0 Å². The van der Waals surface area contributed by atoms with Crippen molar-refractivity contribution in [3.05, 3.63) is 57.6 Å². The lowest BCUT2D eigenvalue weighted by Gasteiger charge is -2.19. The summed E-state index contributed by atoms with van der Waals surface area (Å²) in [6.45, 7) is 4.07. The molecule has 3 N–H and O–H groups in total. The van der Waals surface area contributed by atoms with E-state index in [0.717, 1.165) is 22.5 Å². The number of nitrogen functional groups attached to an aromatic ring is 1. The lowest BCUT2D eigenvalue weighted by Crippen LogP contribution is -2.09. The first-order valence-corrected chi connectivity index (χ1v) is 6.80. The summed E-state index contributed by atoms with van der Waals surface area (Å²) in [5, 5.41) is 4.66. The van der Waals surface area contributed by atoms with Gasteiger partial charge in [0, 0.05) is 10.0 Å². The zero-order chi connectivity index (χ0) is 14.0.